The van der Waals surface area contributed by atoms with Gasteiger partial charge in [-0.05, 0) is 60.0 Å². The number of hydrogen-bond acceptors (Lipinski definition) is 4. The summed E-state index contributed by atoms with van der Waals surface area (Å²) in [5, 5.41) is 0. The van der Waals surface area contributed by atoms with Crippen LogP contribution in [0.3, 0.4) is 0 Å². The van der Waals surface area contributed by atoms with E-state index in [1.165, 1.54) is 12.1 Å². The third-order valence-electron chi connectivity index (χ3n) is 5.79. The van der Waals surface area contributed by atoms with E-state index in [0.29, 0.717) is 32.7 Å². The molecule has 1 aliphatic rings. The molecule has 0 spiro atoms. The predicted molar refractivity (Wildman–Crippen MR) is 124 cm³/mol. The molecule has 33 heavy (non-hydrogen) atoms. The van der Waals surface area contributed by atoms with Crippen LogP contribution in [0.5, 0.6) is 11.5 Å². The van der Waals surface area contributed by atoms with E-state index in [0.717, 1.165) is 33.8 Å². The van der Waals surface area contributed by atoms with Crippen LogP contribution in [0.25, 0.3) is 0 Å². The lowest BCUT2D eigenvalue weighted by atomic mass is 10.0. The Labute approximate surface area is 193 Å². The summed E-state index contributed by atoms with van der Waals surface area (Å²) in [5.41, 5.74) is 3.67. The number of benzene rings is 3. The molecule has 1 aliphatic heterocycles. The zero-order valence-corrected chi connectivity index (χ0v) is 18.9. The number of halogens is 1. The fourth-order valence-corrected chi connectivity index (χ4v) is 3.85. The molecule has 0 saturated carbocycles. The minimum absolute atomic E-state index is 0.0532. The first-order chi connectivity index (χ1) is 16.0. The Morgan fingerprint density at radius 3 is 2.67 bits per heavy atom. The standard InChI is InChI=1S/C27H28FNO4/c1-19(33-18-21-4-3-5-24(28)14-21)22-8-11-26-23(16-22)17-29(12-13-32-26)27(30)15-20-6-9-25(31-2)10-7-20/h3-11,14,16,19H,12-13,15,17-18H2,1-2H3/t19-/m1/s1. The van der Waals surface area contributed by atoms with Crippen LogP contribution in [0.2, 0.25) is 0 Å². The van der Waals surface area contributed by atoms with Crippen LogP contribution in [-0.4, -0.2) is 31.1 Å². The van der Waals surface area contributed by atoms with Gasteiger partial charge in [0.15, 0.2) is 0 Å². The molecule has 0 fully saturated rings. The normalized spacial score (nSPS) is 14.1. The molecule has 6 heteroatoms. The first-order valence-electron chi connectivity index (χ1n) is 11.0. The molecule has 1 heterocycles. The van der Waals surface area contributed by atoms with Gasteiger partial charge in [0.05, 0.1) is 32.8 Å². The van der Waals surface area contributed by atoms with Crippen LogP contribution < -0.4 is 9.47 Å². The number of ether oxygens (including phenoxy) is 3. The smallest absolute Gasteiger partial charge is 0.227 e. The molecule has 0 unspecified atom stereocenters. The second kappa shape index (κ2) is 10.5. The SMILES string of the molecule is COc1ccc(CC(=O)N2CCOc3ccc([C@@H](C)OCc4cccc(F)c4)cc3C2)cc1. The second-order valence-corrected chi connectivity index (χ2v) is 8.14. The van der Waals surface area contributed by atoms with Crippen LogP contribution in [0.1, 0.15) is 35.3 Å². The number of hydrogen-bond donors (Lipinski definition) is 0. The van der Waals surface area contributed by atoms with Gasteiger partial charge in [0, 0.05) is 12.1 Å². The summed E-state index contributed by atoms with van der Waals surface area (Å²) >= 11 is 0. The highest BCUT2D eigenvalue weighted by molar-refractivity contribution is 5.79. The molecule has 172 valence electrons. The van der Waals surface area contributed by atoms with E-state index < -0.39 is 0 Å². The molecule has 0 aromatic heterocycles. The molecule has 1 atom stereocenters. The van der Waals surface area contributed by atoms with Crippen LogP contribution in [0.4, 0.5) is 4.39 Å². The number of carbonyl (C=O) groups excluding carboxylic acids is 1. The van der Waals surface area contributed by atoms with Gasteiger partial charge in [-0.3, -0.25) is 4.79 Å². The van der Waals surface area contributed by atoms with Crippen molar-refractivity contribution >= 4 is 5.91 Å². The summed E-state index contributed by atoms with van der Waals surface area (Å²) in [5.74, 6) is 1.34. The molecule has 3 aromatic rings. The van der Waals surface area contributed by atoms with Crippen LogP contribution in [0.15, 0.2) is 66.7 Å². The summed E-state index contributed by atoms with van der Waals surface area (Å²) in [7, 11) is 1.62. The monoisotopic (exact) mass is 449 g/mol. The molecular formula is C27H28FNO4. The quantitative estimate of drug-likeness (QED) is 0.505. The highest BCUT2D eigenvalue weighted by Gasteiger charge is 2.21. The molecule has 0 bridgehead atoms. The van der Waals surface area contributed by atoms with Gasteiger partial charge in [-0.15, -0.1) is 0 Å². The number of rotatable bonds is 7. The van der Waals surface area contributed by atoms with Crippen molar-refractivity contribution in [3.05, 3.63) is 94.8 Å². The highest BCUT2D eigenvalue weighted by Crippen LogP contribution is 2.29. The third kappa shape index (κ3) is 5.90. The minimum Gasteiger partial charge on any atom is -0.497 e. The van der Waals surface area contributed by atoms with E-state index in [1.54, 1.807) is 13.2 Å². The van der Waals surface area contributed by atoms with Crippen molar-refractivity contribution in [1.29, 1.82) is 0 Å². The van der Waals surface area contributed by atoms with Gasteiger partial charge in [0.2, 0.25) is 5.91 Å². The molecule has 5 nitrogen and oxygen atoms in total. The molecule has 0 N–H and O–H groups in total. The van der Waals surface area contributed by atoms with Crippen molar-refractivity contribution in [3.8, 4) is 11.5 Å². The summed E-state index contributed by atoms with van der Waals surface area (Å²) in [6.45, 7) is 3.75. The fraction of sp³-hybridized carbons (Fsp3) is 0.296. The molecule has 0 radical (unpaired) electrons. The Hall–Kier alpha value is -3.38. The Kier molecular flexibility index (Phi) is 7.25. The number of methoxy groups -OCH3 is 1. The average Bonchev–Trinajstić information content (AvgIpc) is 3.05. The van der Waals surface area contributed by atoms with Gasteiger partial charge in [0.1, 0.15) is 23.9 Å². The van der Waals surface area contributed by atoms with Gasteiger partial charge < -0.3 is 19.1 Å². The lowest BCUT2D eigenvalue weighted by Crippen LogP contribution is -2.33. The van der Waals surface area contributed by atoms with Crippen molar-refractivity contribution in [2.45, 2.75) is 32.6 Å². The second-order valence-electron chi connectivity index (χ2n) is 8.14. The lowest BCUT2D eigenvalue weighted by Gasteiger charge is -2.21. The van der Waals surface area contributed by atoms with Crippen molar-refractivity contribution in [2.24, 2.45) is 0 Å². The van der Waals surface area contributed by atoms with Crippen LogP contribution >= 0.6 is 0 Å². The topological polar surface area (TPSA) is 48.0 Å². The van der Waals surface area contributed by atoms with Gasteiger partial charge in [-0.1, -0.05) is 30.3 Å². The van der Waals surface area contributed by atoms with E-state index in [9.17, 15) is 9.18 Å². The maximum absolute atomic E-state index is 13.4. The summed E-state index contributed by atoms with van der Waals surface area (Å²) < 4.78 is 30.5. The summed E-state index contributed by atoms with van der Waals surface area (Å²) in [6, 6.07) is 19.9. The maximum Gasteiger partial charge on any atom is 0.227 e. The maximum atomic E-state index is 13.4. The van der Waals surface area contributed by atoms with Gasteiger partial charge in [-0.2, -0.15) is 0 Å². The van der Waals surface area contributed by atoms with E-state index in [-0.39, 0.29) is 17.8 Å². The van der Waals surface area contributed by atoms with E-state index >= 15 is 0 Å². The van der Waals surface area contributed by atoms with E-state index in [1.807, 2.05) is 60.4 Å². The first kappa shape index (κ1) is 22.8. The van der Waals surface area contributed by atoms with Crippen molar-refractivity contribution in [1.82, 2.24) is 4.90 Å². The fourth-order valence-electron chi connectivity index (χ4n) is 3.85. The largest absolute Gasteiger partial charge is 0.497 e. The first-order valence-corrected chi connectivity index (χ1v) is 11.0. The molecular weight excluding hydrogens is 421 g/mol. The summed E-state index contributed by atoms with van der Waals surface area (Å²) in [4.78, 5) is 14.8. The zero-order chi connectivity index (χ0) is 23.2. The molecule has 1 amide bonds. The van der Waals surface area contributed by atoms with Crippen LogP contribution in [-0.2, 0) is 29.1 Å². The van der Waals surface area contributed by atoms with E-state index in [2.05, 4.69) is 0 Å². The Bertz CT molecular complexity index is 1100. The van der Waals surface area contributed by atoms with Crippen LogP contribution in [0, 0.1) is 5.82 Å². The predicted octanol–water partition coefficient (Wildman–Crippen LogP) is 5.08. The number of nitrogens with zero attached hydrogens (tertiary/aromatic N) is 1. The summed E-state index contributed by atoms with van der Waals surface area (Å²) in [6.07, 6.45) is 0.136. The van der Waals surface area contributed by atoms with Gasteiger partial charge >= 0.3 is 0 Å². The van der Waals surface area contributed by atoms with Gasteiger partial charge in [0.25, 0.3) is 0 Å². The lowest BCUT2D eigenvalue weighted by molar-refractivity contribution is -0.131. The zero-order valence-electron chi connectivity index (χ0n) is 18.9. The molecule has 4 rings (SSSR count). The highest BCUT2D eigenvalue weighted by atomic mass is 19.1. The van der Waals surface area contributed by atoms with Crippen molar-refractivity contribution in [2.75, 3.05) is 20.3 Å². The third-order valence-corrected chi connectivity index (χ3v) is 5.79. The molecule has 0 aliphatic carbocycles. The molecule has 3 aromatic carbocycles. The van der Waals surface area contributed by atoms with Gasteiger partial charge in [-0.25, -0.2) is 4.39 Å². The minimum atomic E-state index is -0.273. The number of fused-ring (bicyclic) bond motifs is 1. The average molecular weight is 450 g/mol. The number of amides is 1. The van der Waals surface area contributed by atoms with Crippen molar-refractivity contribution in [3.63, 3.8) is 0 Å². The Morgan fingerprint density at radius 2 is 1.91 bits per heavy atom. The number of carbonyl (C=O) groups is 1. The molecule has 0 saturated heterocycles. The van der Waals surface area contributed by atoms with Crippen molar-refractivity contribution < 1.29 is 23.4 Å². The Balaban J connectivity index is 1.42. The Morgan fingerprint density at radius 1 is 1.09 bits per heavy atom. The van der Waals surface area contributed by atoms with E-state index in [4.69, 9.17) is 14.2 Å².